The summed E-state index contributed by atoms with van der Waals surface area (Å²) in [6.07, 6.45) is 4.54. The van der Waals surface area contributed by atoms with Gasteiger partial charge in [-0.25, -0.2) is 0 Å². The predicted octanol–water partition coefficient (Wildman–Crippen LogP) is 1.99. The maximum atomic E-state index is 12.2. The first kappa shape index (κ1) is 17.0. The molecule has 1 fully saturated rings. The zero-order valence-electron chi connectivity index (χ0n) is 13.2. The van der Waals surface area contributed by atoms with Crippen molar-refractivity contribution in [1.82, 2.24) is 4.90 Å². The van der Waals surface area contributed by atoms with Gasteiger partial charge in [-0.3, -0.25) is 4.79 Å². The Kier molecular flexibility index (Phi) is 6.87. The molecule has 0 aliphatic carbocycles. The summed E-state index contributed by atoms with van der Waals surface area (Å²) >= 11 is 0. The van der Waals surface area contributed by atoms with Crippen LogP contribution in [-0.4, -0.2) is 46.8 Å². The maximum absolute atomic E-state index is 12.2. The van der Waals surface area contributed by atoms with Crippen LogP contribution in [0.15, 0.2) is 30.3 Å². The minimum atomic E-state index is -0.636. The zero-order chi connectivity index (χ0) is 15.8. The van der Waals surface area contributed by atoms with E-state index in [0.29, 0.717) is 19.5 Å². The van der Waals surface area contributed by atoms with Crippen LogP contribution in [0.4, 0.5) is 0 Å². The lowest BCUT2D eigenvalue weighted by molar-refractivity contribution is -0.133. The zero-order valence-corrected chi connectivity index (χ0v) is 13.2. The van der Waals surface area contributed by atoms with E-state index in [0.717, 1.165) is 32.1 Å². The van der Waals surface area contributed by atoms with Gasteiger partial charge in [0.25, 0.3) is 0 Å². The molecule has 1 saturated heterocycles. The van der Waals surface area contributed by atoms with E-state index < -0.39 is 6.10 Å². The second-order valence-corrected chi connectivity index (χ2v) is 6.16. The number of unbranched alkanes of at least 4 members (excludes halogenated alkanes) is 1. The monoisotopic (exact) mass is 305 g/mol. The predicted molar refractivity (Wildman–Crippen MR) is 86.4 cm³/mol. The third-order valence-corrected chi connectivity index (χ3v) is 4.57. The summed E-state index contributed by atoms with van der Waals surface area (Å²) in [5.74, 6) is 0.358. The summed E-state index contributed by atoms with van der Waals surface area (Å²) in [4.78, 5) is 14.1. The molecule has 0 radical (unpaired) electrons. The van der Waals surface area contributed by atoms with E-state index in [4.69, 9.17) is 5.11 Å². The third-order valence-electron chi connectivity index (χ3n) is 4.57. The molecule has 1 unspecified atom stereocenters. The van der Waals surface area contributed by atoms with Crippen LogP contribution >= 0.6 is 0 Å². The number of aliphatic hydroxyl groups is 2. The second kappa shape index (κ2) is 8.91. The lowest BCUT2D eigenvalue weighted by Crippen LogP contribution is -2.41. The molecule has 1 aliphatic rings. The van der Waals surface area contributed by atoms with Crippen molar-refractivity contribution in [1.29, 1.82) is 0 Å². The summed E-state index contributed by atoms with van der Waals surface area (Å²) in [5, 5.41) is 18.6. The van der Waals surface area contributed by atoms with Crippen molar-refractivity contribution in [3.63, 3.8) is 0 Å². The number of hydrogen-bond acceptors (Lipinski definition) is 3. The van der Waals surface area contributed by atoms with Crippen molar-refractivity contribution >= 4 is 5.91 Å². The summed E-state index contributed by atoms with van der Waals surface area (Å²) in [6, 6.07) is 10.4. The van der Waals surface area contributed by atoms with Gasteiger partial charge in [0.1, 0.15) is 0 Å². The number of amides is 1. The molecule has 4 nitrogen and oxygen atoms in total. The van der Waals surface area contributed by atoms with Crippen LogP contribution in [0.3, 0.4) is 0 Å². The molecule has 1 aromatic rings. The largest absolute Gasteiger partial charge is 0.394 e. The normalized spacial score (nSPS) is 17.5. The topological polar surface area (TPSA) is 60.8 Å². The molecule has 2 N–H and O–H groups in total. The molecule has 1 aromatic carbocycles. The van der Waals surface area contributed by atoms with E-state index in [1.165, 1.54) is 5.56 Å². The first-order chi connectivity index (χ1) is 10.7. The van der Waals surface area contributed by atoms with Gasteiger partial charge in [-0.15, -0.1) is 0 Å². The van der Waals surface area contributed by atoms with Gasteiger partial charge >= 0.3 is 0 Å². The Morgan fingerprint density at radius 3 is 2.50 bits per heavy atom. The molecule has 2 rings (SSSR count). The Labute approximate surface area is 132 Å². The average molecular weight is 305 g/mol. The quantitative estimate of drug-likeness (QED) is 0.757. The fraction of sp³-hybridized carbons (Fsp3) is 0.611. The number of carbonyl (C=O) groups excluding carboxylic acids is 1. The lowest BCUT2D eigenvalue weighted by Gasteiger charge is -2.33. The molecule has 0 spiro atoms. The van der Waals surface area contributed by atoms with Crippen LogP contribution in [0, 0.1) is 5.92 Å². The van der Waals surface area contributed by atoms with Crippen molar-refractivity contribution in [2.45, 2.75) is 44.6 Å². The molecular weight excluding hydrogens is 278 g/mol. The highest BCUT2D eigenvalue weighted by molar-refractivity contribution is 5.76. The summed E-state index contributed by atoms with van der Waals surface area (Å²) in [7, 11) is 0. The van der Waals surface area contributed by atoms with Gasteiger partial charge in [-0.1, -0.05) is 30.3 Å². The highest BCUT2D eigenvalue weighted by atomic mass is 16.3. The van der Waals surface area contributed by atoms with Crippen LogP contribution in [-0.2, 0) is 11.2 Å². The fourth-order valence-corrected chi connectivity index (χ4v) is 3.09. The van der Waals surface area contributed by atoms with E-state index in [9.17, 15) is 9.90 Å². The van der Waals surface area contributed by atoms with Gasteiger partial charge in [0.2, 0.25) is 5.91 Å². The Morgan fingerprint density at radius 1 is 1.18 bits per heavy atom. The van der Waals surface area contributed by atoms with Gasteiger partial charge in [0.15, 0.2) is 0 Å². The number of aliphatic hydroxyl groups excluding tert-OH is 2. The lowest BCUT2D eigenvalue weighted by atomic mass is 9.91. The number of hydrogen-bond donors (Lipinski definition) is 2. The smallest absolute Gasteiger partial charge is 0.222 e. The standard InChI is InChI=1S/C18H27NO3/c20-14-17(21)16-10-12-19(13-11-16)18(22)9-5-4-8-15-6-2-1-3-7-15/h1-3,6-7,16-17,20-21H,4-5,8-14H2. The summed E-state index contributed by atoms with van der Waals surface area (Å²) in [5.41, 5.74) is 1.33. The first-order valence-electron chi connectivity index (χ1n) is 8.31. The number of aryl methyl sites for hydroxylation is 1. The Bertz CT molecular complexity index is 441. The van der Waals surface area contributed by atoms with Gasteiger partial charge < -0.3 is 15.1 Å². The van der Waals surface area contributed by atoms with Crippen molar-refractivity contribution in [3.8, 4) is 0 Å². The SMILES string of the molecule is O=C(CCCCc1ccccc1)N1CCC(C(O)CO)CC1. The minimum Gasteiger partial charge on any atom is -0.394 e. The molecule has 1 aliphatic heterocycles. The van der Waals surface area contributed by atoms with Gasteiger partial charge in [-0.2, -0.15) is 0 Å². The molecule has 0 aromatic heterocycles. The van der Waals surface area contributed by atoms with Gasteiger partial charge in [-0.05, 0) is 43.6 Å². The number of nitrogens with zero attached hydrogens (tertiary/aromatic N) is 1. The molecule has 22 heavy (non-hydrogen) atoms. The van der Waals surface area contributed by atoms with E-state index in [2.05, 4.69) is 12.1 Å². The summed E-state index contributed by atoms with van der Waals surface area (Å²) in [6.45, 7) is 1.23. The van der Waals surface area contributed by atoms with Gasteiger partial charge in [0, 0.05) is 19.5 Å². The molecule has 0 bridgehead atoms. The van der Waals surface area contributed by atoms with E-state index in [1.54, 1.807) is 0 Å². The van der Waals surface area contributed by atoms with Crippen LogP contribution in [0.2, 0.25) is 0 Å². The second-order valence-electron chi connectivity index (χ2n) is 6.16. The molecule has 0 saturated carbocycles. The third kappa shape index (κ3) is 5.11. The van der Waals surface area contributed by atoms with E-state index in [1.807, 2.05) is 23.1 Å². The Morgan fingerprint density at radius 2 is 1.86 bits per heavy atom. The number of rotatable bonds is 7. The highest BCUT2D eigenvalue weighted by Crippen LogP contribution is 2.21. The number of piperidine rings is 1. The van der Waals surface area contributed by atoms with Crippen LogP contribution in [0.5, 0.6) is 0 Å². The van der Waals surface area contributed by atoms with Gasteiger partial charge in [0.05, 0.1) is 12.7 Å². The molecule has 1 amide bonds. The molecule has 122 valence electrons. The number of carbonyl (C=O) groups is 1. The average Bonchev–Trinajstić information content (AvgIpc) is 2.59. The van der Waals surface area contributed by atoms with Crippen LogP contribution < -0.4 is 0 Å². The van der Waals surface area contributed by atoms with Crippen molar-refractivity contribution < 1.29 is 15.0 Å². The highest BCUT2D eigenvalue weighted by Gasteiger charge is 2.26. The Balaban J connectivity index is 1.62. The van der Waals surface area contributed by atoms with E-state index in [-0.39, 0.29) is 18.4 Å². The molecular formula is C18H27NO3. The maximum Gasteiger partial charge on any atom is 0.222 e. The molecule has 4 heteroatoms. The Hall–Kier alpha value is -1.39. The fourth-order valence-electron chi connectivity index (χ4n) is 3.09. The number of likely N-dealkylation sites (tertiary alicyclic amines) is 1. The summed E-state index contributed by atoms with van der Waals surface area (Å²) < 4.78 is 0. The first-order valence-corrected chi connectivity index (χ1v) is 8.31. The molecule has 1 atom stereocenters. The van der Waals surface area contributed by atoms with Crippen molar-refractivity contribution in [2.75, 3.05) is 19.7 Å². The van der Waals surface area contributed by atoms with Crippen LogP contribution in [0.1, 0.15) is 37.7 Å². The number of benzene rings is 1. The van der Waals surface area contributed by atoms with Crippen molar-refractivity contribution in [2.24, 2.45) is 5.92 Å². The van der Waals surface area contributed by atoms with E-state index >= 15 is 0 Å². The van der Waals surface area contributed by atoms with Crippen molar-refractivity contribution in [3.05, 3.63) is 35.9 Å². The van der Waals surface area contributed by atoms with Crippen LogP contribution in [0.25, 0.3) is 0 Å². The minimum absolute atomic E-state index is 0.132. The molecule has 1 heterocycles.